The molecule has 1 saturated heterocycles. The van der Waals surface area contributed by atoms with Crippen molar-refractivity contribution in [2.75, 3.05) is 13.7 Å². The number of nitrogens with zero attached hydrogens (tertiary/aromatic N) is 4. The molecule has 0 spiro atoms. The summed E-state index contributed by atoms with van der Waals surface area (Å²) in [7, 11) is 2.17. The van der Waals surface area contributed by atoms with E-state index in [1.807, 2.05) is 4.68 Å². The molecule has 3 aliphatic rings. The van der Waals surface area contributed by atoms with Gasteiger partial charge < -0.3 is 4.74 Å². The van der Waals surface area contributed by atoms with E-state index in [0.29, 0.717) is 5.92 Å². The van der Waals surface area contributed by atoms with E-state index in [1.165, 1.54) is 47.9 Å². The van der Waals surface area contributed by atoms with Crippen LogP contribution in [0.4, 0.5) is 0 Å². The first-order chi connectivity index (χ1) is 13.3. The summed E-state index contributed by atoms with van der Waals surface area (Å²) in [4.78, 5) is 2.34. The smallest absolute Gasteiger partial charge is 0.113 e. The van der Waals surface area contributed by atoms with Gasteiger partial charge in [0.05, 0.1) is 18.8 Å². The summed E-state index contributed by atoms with van der Waals surface area (Å²) in [5.74, 6) is 7.47. The molecule has 0 bridgehead atoms. The van der Waals surface area contributed by atoms with E-state index < -0.39 is 0 Å². The lowest BCUT2D eigenvalue weighted by Crippen LogP contribution is -2.24. The van der Waals surface area contributed by atoms with Gasteiger partial charge in [-0.15, -0.1) is 5.10 Å². The lowest BCUT2D eigenvalue weighted by atomic mass is 9.96. The zero-order valence-electron chi connectivity index (χ0n) is 15.9. The van der Waals surface area contributed by atoms with Gasteiger partial charge >= 0.3 is 0 Å². The first kappa shape index (κ1) is 17.0. The van der Waals surface area contributed by atoms with Crippen LogP contribution in [-0.2, 0) is 24.4 Å². The first-order valence-electron chi connectivity index (χ1n) is 10.1. The molecule has 2 aliphatic heterocycles. The Morgan fingerprint density at radius 3 is 2.85 bits per heavy atom. The second-order valence-corrected chi connectivity index (χ2v) is 8.15. The Labute approximate surface area is 160 Å². The standard InChI is InChI=1S/C22H26N4O/c1-25-13-20-17(8-7-16-5-6-16)9-10-19(21(20)14-25)22-15-26(24-23-22)12-18-4-2-3-11-27-18/h9-10,15-16,18H,2-6,11-14H2,1H3. The summed E-state index contributed by atoms with van der Waals surface area (Å²) in [5, 5.41) is 8.84. The van der Waals surface area contributed by atoms with Crippen molar-refractivity contribution in [3.63, 3.8) is 0 Å². The molecule has 1 atom stereocenters. The fourth-order valence-electron chi connectivity index (χ4n) is 4.09. The predicted molar refractivity (Wildman–Crippen MR) is 104 cm³/mol. The molecular formula is C22H26N4O. The number of aromatic nitrogens is 3. The van der Waals surface area contributed by atoms with Gasteiger partial charge in [0, 0.05) is 36.7 Å². The topological polar surface area (TPSA) is 43.2 Å². The summed E-state index contributed by atoms with van der Waals surface area (Å²) >= 11 is 0. The van der Waals surface area contributed by atoms with Crippen molar-refractivity contribution in [2.24, 2.45) is 5.92 Å². The highest BCUT2D eigenvalue weighted by molar-refractivity contribution is 5.68. The van der Waals surface area contributed by atoms with E-state index in [-0.39, 0.29) is 6.10 Å². The average molecular weight is 362 g/mol. The van der Waals surface area contributed by atoms with Gasteiger partial charge in [0.2, 0.25) is 0 Å². The van der Waals surface area contributed by atoms with Gasteiger partial charge in [-0.3, -0.25) is 4.90 Å². The maximum absolute atomic E-state index is 5.84. The fraction of sp³-hybridized carbons (Fsp3) is 0.545. The van der Waals surface area contributed by atoms with E-state index in [4.69, 9.17) is 4.74 Å². The third-order valence-electron chi connectivity index (χ3n) is 5.75. The van der Waals surface area contributed by atoms with E-state index in [9.17, 15) is 0 Å². The monoisotopic (exact) mass is 362 g/mol. The summed E-state index contributed by atoms with van der Waals surface area (Å²) in [6.45, 7) is 3.57. The second-order valence-electron chi connectivity index (χ2n) is 8.15. The largest absolute Gasteiger partial charge is 0.376 e. The molecule has 5 heteroatoms. The molecule has 5 nitrogen and oxygen atoms in total. The highest BCUT2D eigenvalue weighted by Gasteiger charge is 2.24. The number of rotatable bonds is 3. The predicted octanol–water partition coefficient (Wildman–Crippen LogP) is 3.22. The summed E-state index contributed by atoms with van der Waals surface area (Å²) in [6, 6.07) is 4.35. The minimum atomic E-state index is 0.269. The third-order valence-corrected chi connectivity index (χ3v) is 5.75. The Hall–Kier alpha value is -2.16. The second kappa shape index (κ2) is 7.10. The highest BCUT2D eigenvalue weighted by atomic mass is 16.5. The molecule has 1 unspecified atom stereocenters. The van der Waals surface area contributed by atoms with Crippen molar-refractivity contribution in [1.29, 1.82) is 0 Å². The van der Waals surface area contributed by atoms with E-state index >= 15 is 0 Å². The van der Waals surface area contributed by atoms with Crippen molar-refractivity contribution >= 4 is 0 Å². The zero-order valence-corrected chi connectivity index (χ0v) is 15.9. The molecule has 1 aromatic heterocycles. The average Bonchev–Trinajstić information content (AvgIpc) is 3.25. The molecule has 2 aromatic rings. The SMILES string of the molecule is CN1Cc2c(C#CC3CC3)ccc(-c3cn(CC4CCCCO4)nn3)c2C1. The Balaban J connectivity index is 1.42. The van der Waals surface area contributed by atoms with Crippen LogP contribution in [-0.4, -0.2) is 39.7 Å². The third kappa shape index (κ3) is 3.65. The van der Waals surface area contributed by atoms with E-state index in [1.54, 1.807) is 0 Å². The van der Waals surface area contributed by atoms with Gasteiger partial charge in [-0.25, -0.2) is 4.68 Å². The Morgan fingerprint density at radius 2 is 2.04 bits per heavy atom. The van der Waals surface area contributed by atoms with Crippen LogP contribution in [0.2, 0.25) is 0 Å². The van der Waals surface area contributed by atoms with Gasteiger partial charge in [-0.05, 0) is 56.3 Å². The normalized spacial score (nSPS) is 22.3. The van der Waals surface area contributed by atoms with Gasteiger partial charge in [0.15, 0.2) is 0 Å². The van der Waals surface area contributed by atoms with Crippen molar-refractivity contribution in [3.05, 3.63) is 35.0 Å². The van der Waals surface area contributed by atoms with Gasteiger partial charge in [-0.1, -0.05) is 23.1 Å². The van der Waals surface area contributed by atoms with Crippen molar-refractivity contribution in [3.8, 4) is 23.1 Å². The van der Waals surface area contributed by atoms with Crippen molar-refractivity contribution < 1.29 is 4.74 Å². The van der Waals surface area contributed by atoms with Crippen LogP contribution in [0, 0.1) is 17.8 Å². The minimum Gasteiger partial charge on any atom is -0.376 e. The Bertz CT molecular complexity index is 897. The molecule has 0 N–H and O–H groups in total. The number of benzene rings is 1. The van der Waals surface area contributed by atoms with E-state index in [2.05, 4.69) is 52.4 Å². The number of hydrogen-bond donors (Lipinski definition) is 0. The molecular weight excluding hydrogens is 336 g/mol. The lowest BCUT2D eigenvalue weighted by Gasteiger charge is -2.21. The van der Waals surface area contributed by atoms with Crippen LogP contribution in [0.5, 0.6) is 0 Å². The molecule has 0 amide bonds. The molecule has 0 radical (unpaired) electrons. The van der Waals surface area contributed by atoms with Gasteiger partial charge in [-0.2, -0.15) is 0 Å². The summed E-state index contributed by atoms with van der Waals surface area (Å²) < 4.78 is 7.78. The van der Waals surface area contributed by atoms with Gasteiger partial charge in [0.25, 0.3) is 0 Å². The number of hydrogen-bond acceptors (Lipinski definition) is 4. The van der Waals surface area contributed by atoms with E-state index in [0.717, 1.165) is 38.4 Å². The minimum absolute atomic E-state index is 0.269. The first-order valence-corrected chi connectivity index (χ1v) is 10.1. The summed E-state index contributed by atoms with van der Waals surface area (Å²) in [5.41, 5.74) is 6.07. The van der Waals surface area contributed by atoms with Crippen LogP contribution in [0.3, 0.4) is 0 Å². The molecule has 1 aromatic carbocycles. The Morgan fingerprint density at radius 1 is 1.15 bits per heavy atom. The molecule has 27 heavy (non-hydrogen) atoms. The van der Waals surface area contributed by atoms with Crippen molar-refractivity contribution in [1.82, 2.24) is 19.9 Å². The van der Waals surface area contributed by atoms with Crippen LogP contribution in [0.15, 0.2) is 18.3 Å². The molecule has 5 rings (SSSR count). The zero-order chi connectivity index (χ0) is 18.2. The quantitative estimate of drug-likeness (QED) is 0.787. The van der Waals surface area contributed by atoms with Gasteiger partial charge in [0.1, 0.15) is 5.69 Å². The maximum atomic E-state index is 5.84. The summed E-state index contributed by atoms with van der Waals surface area (Å²) in [6.07, 6.45) is 8.40. The molecule has 1 saturated carbocycles. The molecule has 1 aliphatic carbocycles. The lowest BCUT2D eigenvalue weighted by molar-refractivity contribution is 0.00370. The fourth-order valence-corrected chi connectivity index (χ4v) is 4.09. The maximum Gasteiger partial charge on any atom is 0.113 e. The van der Waals surface area contributed by atoms with Crippen molar-refractivity contribution in [2.45, 2.75) is 57.8 Å². The molecule has 140 valence electrons. The molecule has 3 heterocycles. The van der Waals surface area contributed by atoms with Crippen LogP contribution in [0.25, 0.3) is 11.3 Å². The van der Waals surface area contributed by atoms with Crippen LogP contribution < -0.4 is 0 Å². The van der Waals surface area contributed by atoms with Crippen LogP contribution in [0.1, 0.15) is 48.8 Å². The molecule has 2 fully saturated rings. The number of ether oxygens (including phenoxy) is 1. The highest BCUT2D eigenvalue weighted by Crippen LogP contribution is 2.34. The Kier molecular flexibility index (Phi) is 4.47. The van der Waals surface area contributed by atoms with Crippen LogP contribution >= 0.6 is 0 Å². The number of fused-ring (bicyclic) bond motifs is 1.